The van der Waals surface area contributed by atoms with Gasteiger partial charge in [-0.2, -0.15) is 4.98 Å². The highest BCUT2D eigenvalue weighted by Crippen LogP contribution is 2.28. The topological polar surface area (TPSA) is 59.2 Å². The summed E-state index contributed by atoms with van der Waals surface area (Å²) in [7, 11) is 0. The number of benzene rings is 2. The minimum atomic E-state index is -0.266. The fourth-order valence-electron chi connectivity index (χ4n) is 3.66. The van der Waals surface area contributed by atoms with E-state index in [9.17, 15) is 9.18 Å². The molecule has 2 heterocycles. The fourth-order valence-corrected chi connectivity index (χ4v) is 3.66. The van der Waals surface area contributed by atoms with E-state index in [0.29, 0.717) is 30.6 Å². The second kappa shape index (κ2) is 8.15. The zero-order valence-corrected chi connectivity index (χ0v) is 16.7. The van der Waals surface area contributed by atoms with Crippen LogP contribution >= 0.6 is 0 Å². The van der Waals surface area contributed by atoms with Gasteiger partial charge in [-0.05, 0) is 48.1 Å². The van der Waals surface area contributed by atoms with Gasteiger partial charge in [0.15, 0.2) is 0 Å². The van der Waals surface area contributed by atoms with E-state index < -0.39 is 0 Å². The lowest BCUT2D eigenvalue weighted by Crippen LogP contribution is -2.35. The van der Waals surface area contributed by atoms with Crippen LogP contribution in [0.5, 0.6) is 0 Å². The molecule has 0 unspecified atom stereocenters. The van der Waals surface area contributed by atoms with E-state index in [1.54, 1.807) is 11.0 Å². The van der Waals surface area contributed by atoms with Gasteiger partial charge in [-0.3, -0.25) is 4.79 Å². The summed E-state index contributed by atoms with van der Waals surface area (Å²) in [5.41, 5.74) is 3.83. The summed E-state index contributed by atoms with van der Waals surface area (Å²) >= 11 is 0. The second-order valence-corrected chi connectivity index (χ2v) is 7.71. The number of nitrogens with zero attached hydrogens (tertiary/aromatic N) is 3. The standard InChI is InChI=1S/C23H24FN3O2/c1-15(2)16-5-7-17(8-6-16)23-25-21(29-26-23)11-12-22(28)27-13-3-4-18-14-19(24)9-10-20(18)27/h5-10,14-15H,3-4,11-13H2,1-2H3. The number of halogens is 1. The third kappa shape index (κ3) is 4.21. The van der Waals surface area contributed by atoms with Crippen LogP contribution in [-0.2, 0) is 17.6 Å². The van der Waals surface area contributed by atoms with Crippen molar-refractivity contribution < 1.29 is 13.7 Å². The normalized spacial score (nSPS) is 13.6. The molecule has 0 radical (unpaired) electrons. The first-order valence-corrected chi connectivity index (χ1v) is 10.0. The SMILES string of the molecule is CC(C)c1ccc(-c2noc(CCC(=O)N3CCCc4cc(F)ccc43)n2)cc1. The van der Waals surface area contributed by atoms with Gasteiger partial charge in [0.05, 0.1) is 0 Å². The van der Waals surface area contributed by atoms with Crippen molar-refractivity contribution >= 4 is 11.6 Å². The van der Waals surface area contributed by atoms with Gasteiger partial charge in [0.25, 0.3) is 0 Å². The third-order valence-electron chi connectivity index (χ3n) is 5.32. The molecule has 0 N–H and O–H groups in total. The number of aryl methyl sites for hydroxylation is 2. The van der Waals surface area contributed by atoms with Crippen LogP contribution in [0.1, 0.15) is 49.6 Å². The van der Waals surface area contributed by atoms with Gasteiger partial charge < -0.3 is 9.42 Å². The van der Waals surface area contributed by atoms with E-state index in [1.165, 1.54) is 17.7 Å². The molecule has 0 saturated carbocycles. The van der Waals surface area contributed by atoms with E-state index in [0.717, 1.165) is 29.7 Å². The lowest BCUT2D eigenvalue weighted by atomic mass is 10.0. The van der Waals surface area contributed by atoms with Gasteiger partial charge in [-0.15, -0.1) is 0 Å². The van der Waals surface area contributed by atoms with Gasteiger partial charge in [0.2, 0.25) is 17.6 Å². The van der Waals surface area contributed by atoms with Crippen LogP contribution in [0.25, 0.3) is 11.4 Å². The molecule has 0 atom stereocenters. The number of hydrogen-bond donors (Lipinski definition) is 0. The number of carbonyl (C=O) groups is 1. The van der Waals surface area contributed by atoms with Crippen molar-refractivity contribution in [2.24, 2.45) is 0 Å². The van der Waals surface area contributed by atoms with E-state index in [1.807, 2.05) is 12.1 Å². The van der Waals surface area contributed by atoms with E-state index in [-0.39, 0.29) is 18.1 Å². The molecule has 1 amide bonds. The first kappa shape index (κ1) is 19.3. The summed E-state index contributed by atoms with van der Waals surface area (Å²) in [6, 6.07) is 12.7. The van der Waals surface area contributed by atoms with Crippen LogP contribution in [0.4, 0.5) is 10.1 Å². The largest absolute Gasteiger partial charge is 0.339 e. The molecule has 29 heavy (non-hydrogen) atoms. The van der Waals surface area contributed by atoms with Crippen LogP contribution in [0, 0.1) is 5.82 Å². The Balaban J connectivity index is 1.41. The van der Waals surface area contributed by atoms with Crippen molar-refractivity contribution in [1.29, 1.82) is 0 Å². The van der Waals surface area contributed by atoms with Crippen molar-refractivity contribution in [2.45, 2.75) is 45.4 Å². The van der Waals surface area contributed by atoms with Crippen LogP contribution < -0.4 is 4.90 Å². The molecule has 1 aliphatic rings. The predicted molar refractivity (Wildman–Crippen MR) is 109 cm³/mol. The molecular weight excluding hydrogens is 369 g/mol. The van der Waals surface area contributed by atoms with Gasteiger partial charge in [-0.25, -0.2) is 4.39 Å². The lowest BCUT2D eigenvalue weighted by Gasteiger charge is -2.29. The summed E-state index contributed by atoms with van der Waals surface area (Å²) in [6.45, 7) is 4.94. The van der Waals surface area contributed by atoms with E-state index in [2.05, 4.69) is 36.1 Å². The summed E-state index contributed by atoms with van der Waals surface area (Å²) in [5, 5.41) is 4.04. The minimum absolute atomic E-state index is 0.0152. The van der Waals surface area contributed by atoms with E-state index in [4.69, 9.17) is 4.52 Å². The van der Waals surface area contributed by atoms with Gasteiger partial charge in [0, 0.05) is 30.6 Å². The summed E-state index contributed by atoms with van der Waals surface area (Å²) in [4.78, 5) is 18.9. The third-order valence-corrected chi connectivity index (χ3v) is 5.32. The van der Waals surface area contributed by atoms with Crippen molar-refractivity contribution in [3.63, 3.8) is 0 Å². The molecule has 3 aromatic rings. The number of aromatic nitrogens is 2. The average molecular weight is 393 g/mol. The number of hydrogen-bond acceptors (Lipinski definition) is 4. The molecule has 150 valence electrons. The molecule has 6 heteroatoms. The Morgan fingerprint density at radius 2 is 2.00 bits per heavy atom. The quantitative estimate of drug-likeness (QED) is 0.618. The minimum Gasteiger partial charge on any atom is -0.339 e. The van der Waals surface area contributed by atoms with Gasteiger partial charge >= 0.3 is 0 Å². The first-order chi connectivity index (χ1) is 14.0. The van der Waals surface area contributed by atoms with Crippen LogP contribution in [0.3, 0.4) is 0 Å². The zero-order chi connectivity index (χ0) is 20.4. The Morgan fingerprint density at radius 1 is 1.21 bits per heavy atom. The predicted octanol–water partition coefficient (Wildman–Crippen LogP) is 4.91. The molecule has 0 fully saturated rings. The smallest absolute Gasteiger partial charge is 0.227 e. The Labute approximate surface area is 169 Å². The number of fused-ring (bicyclic) bond motifs is 1. The highest BCUT2D eigenvalue weighted by atomic mass is 19.1. The maximum absolute atomic E-state index is 13.5. The molecule has 1 aromatic heterocycles. The van der Waals surface area contributed by atoms with Crippen LogP contribution in [0.15, 0.2) is 47.0 Å². The summed E-state index contributed by atoms with van der Waals surface area (Å²) in [5.74, 6) is 1.16. The zero-order valence-electron chi connectivity index (χ0n) is 16.7. The molecule has 1 aliphatic heterocycles. The molecular formula is C23H24FN3O2. The maximum atomic E-state index is 13.5. The van der Waals surface area contributed by atoms with Crippen LogP contribution in [0.2, 0.25) is 0 Å². The van der Waals surface area contributed by atoms with Gasteiger partial charge in [0.1, 0.15) is 5.82 Å². The molecule has 0 aliphatic carbocycles. The van der Waals surface area contributed by atoms with Crippen molar-refractivity contribution in [3.8, 4) is 11.4 Å². The van der Waals surface area contributed by atoms with Crippen LogP contribution in [-0.4, -0.2) is 22.6 Å². The lowest BCUT2D eigenvalue weighted by molar-refractivity contribution is -0.118. The number of amides is 1. The monoisotopic (exact) mass is 393 g/mol. The Kier molecular flexibility index (Phi) is 5.43. The highest BCUT2D eigenvalue weighted by molar-refractivity contribution is 5.94. The summed E-state index contributed by atoms with van der Waals surface area (Å²) < 4.78 is 18.8. The van der Waals surface area contributed by atoms with Gasteiger partial charge in [-0.1, -0.05) is 43.3 Å². The average Bonchev–Trinajstić information content (AvgIpc) is 3.20. The number of carbonyl (C=O) groups excluding carboxylic acids is 1. The molecule has 0 bridgehead atoms. The summed E-state index contributed by atoms with van der Waals surface area (Å²) in [6.07, 6.45) is 2.27. The maximum Gasteiger partial charge on any atom is 0.227 e. The molecule has 4 rings (SSSR count). The number of rotatable bonds is 5. The molecule has 5 nitrogen and oxygen atoms in total. The highest BCUT2D eigenvalue weighted by Gasteiger charge is 2.23. The first-order valence-electron chi connectivity index (χ1n) is 10.0. The second-order valence-electron chi connectivity index (χ2n) is 7.71. The van der Waals surface area contributed by atoms with Crippen molar-refractivity contribution in [2.75, 3.05) is 11.4 Å². The van der Waals surface area contributed by atoms with E-state index >= 15 is 0 Å². The Hall–Kier alpha value is -3.02. The fraction of sp³-hybridized carbons (Fsp3) is 0.348. The molecule has 0 spiro atoms. The Bertz CT molecular complexity index is 1010. The van der Waals surface area contributed by atoms with Crippen molar-refractivity contribution in [3.05, 3.63) is 65.3 Å². The Morgan fingerprint density at radius 3 is 2.76 bits per heavy atom. The van der Waals surface area contributed by atoms with Crippen molar-refractivity contribution in [1.82, 2.24) is 10.1 Å². The molecule has 2 aromatic carbocycles. The number of anilines is 1. The molecule has 0 saturated heterocycles.